The van der Waals surface area contributed by atoms with E-state index in [1.165, 1.54) is 32.1 Å². The average Bonchev–Trinajstić information content (AvgIpc) is 2.12. The van der Waals surface area contributed by atoms with Crippen LogP contribution in [0.5, 0.6) is 0 Å². The van der Waals surface area contributed by atoms with E-state index in [-0.39, 0.29) is 0 Å². The molecule has 13 heavy (non-hydrogen) atoms. The van der Waals surface area contributed by atoms with Gasteiger partial charge in [0.05, 0.1) is 0 Å². The van der Waals surface area contributed by atoms with Crippen molar-refractivity contribution in [3.63, 3.8) is 0 Å². The second kappa shape index (κ2) is 3.63. The molecule has 0 aromatic carbocycles. The van der Waals surface area contributed by atoms with Gasteiger partial charge in [0, 0.05) is 0 Å². The highest BCUT2D eigenvalue weighted by Crippen LogP contribution is 2.48. The number of fused-ring (bicyclic) bond motifs is 1. The number of hydrogen-bond acceptors (Lipinski definition) is 0. The van der Waals surface area contributed by atoms with Gasteiger partial charge in [-0.05, 0) is 36.0 Å². The van der Waals surface area contributed by atoms with Gasteiger partial charge in [0.2, 0.25) is 0 Å². The minimum Gasteiger partial charge on any atom is -0.0622 e. The van der Waals surface area contributed by atoms with E-state index in [2.05, 4.69) is 20.8 Å². The Morgan fingerprint density at radius 3 is 2.31 bits per heavy atom. The van der Waals surface area contributed by atoms with Crippen LogP contribution in [-0.4, -0.2) is 0 Å². The first-order chi connectivity index (χ1) is 6.20. The Morgan fingerprint density at radius 1 is 0.769 bits per heavy atom. The van der Waals surface area contributed by atoms with E-state index in [0.29, 0.717) is 0 Å². The smallest absolute Gasteiger partial charge is 0.0332 e. The van der Waals surface area contributed by atoms with E-state index in [9.17, 15) is 0 Å². The van der Waals surface area contributed by atoms with Gasteiger partial charge in [0.15, 0.2) is 0 Å². The van der Waals surface area contributed by atoms with Gasteiger partial charge in [0.25, 0.3) is 0 Å². The molecule has 0 radical (unpaired) electrons. The molecule has 0 nitrogen and oxygen atoms in total. The molecule has 0 bridgehead atoms. The third kappa shape index (κ3) is 1.65. The molecule has 5 unspecified atom stereocenters. The second-order valence-electron chi connectivity index (χ2n) is 5.66. The Hall–Kier alpha value is 0. The van der Waals surface area contributed by atoms with Crippen LogP contribution in [0.1, 0.15) is 52.9 Å². The van der Waals surface area contributed by atoms with E-state index in [4.69, 9.17) is 0 Å². The summed E-state index contributed by atoms with van der Waals surface area (Å²) in [6.45, 7) is 7.46. The molecule has 2 aliphatic carbocycles. The maximum Gasteiger partial charge on any atom is -0.0332 e. The quantitative estimate of drug-likeness (QED) is 0.526. The van der Waals surface area contributed by atoms with Crippen molar-refractivity contribution >= 4 is 0 Å². The van der Waals surface area contributed by atoms with Crippen LogP contribution in [0.3, 0.4) is 0 Å². The Labute approximate surface area is 83.1 Å². The fraction of sp³-hybridized carbons (Fsp3) is 1.00. The van der Waals surface area contributed by atoms with Gasteiger partial charge < -0.3 is 0 Å². The van der Waals surface area contributed by atoms with Crippen molar-refractivity contribution in [2.75, 3.05) is 0 Å². The van der Waals surface area contributed by atoms with Crippen molar-refractivity contribution in [1.29, 1.82) is 0 Å². The molecule has 2 fully saturated rings. The van der Waals surface area contributed by atoms with Crippen molar-refractivity contribution in [2.45, 2.75) is 52.9 Å². The lowest BCUT2D eigenvalue weighted by atomic mass is 9.59. The van der Waals surface area contributed by atoms with Gasteiger partial charge in [-0.2, -0.15) is 0 Å². The third-order valence-corrected chi connectivity index (χ3v) is 4.93. The van der Waals surface area contributed by atoms with Gasteiger partial charge in [-0.3, -0.25) is 0 Å². The molecule has 0 N–H and O–H groups in total. The zero-order chi connectivity index (χ0) is 9.42. The highest BCUT2D eigenvalue weighted by Gasteiger charge is 2.39. The molecular weight excluding hydrogens is 156 g/mol. The number of hydrogen-bond donors (Lipinski definition) is 0. The minimum absolute atomic E-state index is 0.988. The highest BCUT2D eigenvalue weighted by atomic mass is 14.4. The largest absolute Gasteiger partial charge is 0.0622 e. The molecule has 0 aliphatic heterocycles. The maximum atomic E-state index is 2.50. The van der Waals surface area contributed by atoms with Gasteiger partial charge in [-0.1, -0.05) is 46.5 Å². The molecule has 2 saturated carbocycles. The molecule has 2 aliphatic rings. The second-order valence-corrected chi connectivity index (χ2v) is 5.66. The predicted molar refractivity (Wildman–Crippen MR) is 57.6 cm³/mol. The van der Waals surface area contributed by atoms with Crippen molar-refractivity contribution in [2.24, 2.45) is 29.6 Å². The summed E-state index contributed by atoms with van der Waals surface area (Å²) < 4.78 is 0. The lowest BCUT2D eigenvalue weighted by Crippen LogP contribution is -2.38. The Bertz CT molecular complexity index is 171. The molecule has 2 rings (SSSR count). The van der Waals surface area contributed by atoms with Crippen LogP contribution in [0.4, 0.5) is 0 Å². The molecule has 0 heterocycles. The summed E-state index contributed by atoms with van der Waals surface area (Å²) in [7, 11) is 0. The van der Waals surface area contributed by atoms with E-state index < -0.39 is 0 Å². The molecule has 0 amide bonds. The van der Waals surface area contributed by atoms with Crippen molar-refractivity contribution in [1.82, 2.24) is 0 Å². The monoisotopic (exact) mass is 180 g/mol. The van der Waals surface area contributed by atoms with E-state index in [1.54, 1.807) is 0 Å². The third-order valence-electron chi connectivity index (χ3n) is 4.93. The lowest BCUT2D eigenvalue weighted by Gasteiger charge is -2.46. The minimum atomic E-state index is 0.988. The topological polar surface area (TPSA) is 0 Å². The fourth-order valence-corrected chi connectivity index (χ4v) is 3.96. The van der Waals surface area contributed by atoms with Crippen LogP contribution in [0.25, 0.3) is 0 Å². The summed E-state index contributed by atoms with van der Waals surface area (Å²) in [5.41, 5.74) is 0. The standard InChI is InChI=1S/C13H24/c1-9-7-8-12-6-4-5-10(2)13(12)11(9)3/h9-13H,4-8H2,1-3H3. The van der Waals surface area contributed by atoms with Crippen molar-refractivity contribution in [3.05, 3.63) is 0 Å². The zero-order valence-corrected chi connectivity index (χ0v) is 9.42. The van der Waals surface area contributed by atoms with Crippen LogP contribution < -0.4 is 0 Å². The fourth-order valence-electron chi connectivity index (χ4n) is 3.96. The van der Waals surface area contributed by atoms with E-state index in [0.717, 1.165) is 29.6 Å². The molecule has 0 aromatic rings. The molecule has 0 heteroatoms. The zero-order valence-electron chi connectivity index (χ0n) is 9.42. The van der Waals surface area contributed by atoms with Crippen molar-refractivity contribution < 1.29 is 0 Å². The van der Waals surface area contributed by atoms with Gasteiger partial charge in [-0.25, -0.2) is 0 Å². The molecule has 0 spiro atoms. The summed E-state index contributed by atoms with van der Waals surface area (Å²) in [6.07, 6.45) is 7.56. The first-order valence-corrected chi connectivity index (χ1v) is 6.20. The maximum absolute atomic E-state index is 2.50. The van der Waals surface area contributed by atoms with Crippen LogP contribution in [0, 0.1) is 29.6 Å². The van der Waals surface area contributed by atoms with Crippen LogP contribution >= 0.6 is 0 Å². The molecule has 0 aromatic heterocycles. The normalized spacial score (nSPS) is 51.5. The highest BCUT2D eigenvalue weighted by molar-refractivity contribution is 4.89. The predicted octanol–water partition coefficient (Wildman–Crippen LogP) is 4.10. The van der Waals surface area contributed by atoms with Crippen LogP contribution in [0.2, 0.25) is 0 Å². The van der Waals surface area contributed by atoms with E-state index in [1.807, 2.05) is 0 Å². The summed E-state index contributed by atoms with van der Waals surface area (Å²) in [4.78, 5) is 0. The van der Waals surface area contributed by atoms with Gasteiger partial charge in [0.1, 0.15) is 0 Å². The van der Waals surface area contributed by atoms with Crippen molar-refractivity contribution in [3.8, 4) is 0 Å². The summed E-state index contributed by atoms with van der Waals surface area (Å²) >= 11 is 0. The first kappa shape index (κ1) is 9.55. The lowest BCUT2D eigenvalue weighted by molar-refractivity contribution is 0.0323. The Balaban J connectivity index is 2.10. The van der Waals surface area contributed by atoms with Gasteiger partial charge in [-0.15, -0.1) is 0 Å². The van der Waals surface area contributed by atoms with E-state index >= 15 is 0 Å². The summed E-state index contributed by atoms with van der Waals surface area (Å²) in [5, 5.41) is 0. The Morgan fingerprint density at radius 2 is 1.54 bits per heavy atom. The molecule has 0 saturated heterocycles. The number of rotatable bonds is 0. The SMILES string of the molecule is CC1CCC2CCCC(C)C2C1C. The molecule has 76 valence electrons. The first-order valence-electron chi connectivity index (χ1n) is 6.20. The Kier molecular flexibility index (Phi) is 2.67. The van der Waals surface area contributed by atoms with Crippen LogP contribution in [0.15, 0.2) is 0 Å². The molecule has 5 atom stereocenters. The summed E-state index contributed by atoms with van der Waals surface area (Å²) in [6, 6.07) is 0. The summed E-state index contributed by atoms with van der Waals surface area (Å²) in [5.74, 6) is 5.15. The molecular formula is C13H24. The average molecular weight is 180 g/mol. The van der Waals surface area contributed by atoms with Gasteiger partial charge >= 0.3 is 0 Å². The van der Waals surface area contributed by atoms with Crippen LogP contribution in [-0.2, 0) is 0 Å².